The fourth-order valence-corrected chi connectivity index (χ4v) is 3.38. The van der Waals surface area contributed by atoms with Gasteiger partial charge in [-0.05, 0) is 30.3 Å². The first-order valence-electron chi connectivity index (χ1n) is 11.1. The Kier molecular flexibility index (Phi) is 7.72. The predicted molar refractivity (Wildman–Crippen MR) is 134 cm³/mol. The highest BCUT2D eigenvalue weighted by molar-refractivity contribution is 5.97. The Balaban J connectivity index is 1.36. The zero-order valence-corrected chi connectivity index (χ0v) is 19.5. The Hall–Kier alpha value is -4.92. The standard InChI is InChI=1S/C27H24N4O5/c1-35-22-14-8-11-20(15-22)27(34)28-17-26(33)36-18-25(32)29-24-16-23(19-9-4-2-5-10-19)30-31(24)21-12-6-3-7-13-21/h2-16H,17-18H2,1H3,(H,28,34)(H,29,32). The summed E-state index contributed by atoms with van der Waals surface area (Å²) in [5.74, 6) is -0.808. The van der Waals surface area contributed by atoms with Crippen LogP contribution >= 0.6 is 0 Å². The minimum Gasteiger partial charge on any atom is -0.497 e. The van der Waals surface area contributed by atoms with Crippen LogP contribution in [-0.4, -0.2) is 47.8 Å². The number of carbonyl (C=O) groups excluding carboxylic acids is 3. The van der Waals surface area contributed by atoms with E-state index in [1.165, 1.54) is 7.11 Å². The highest BCUT2D eigenvalue weighted by Gasteiger charge is 2.16. The Bertz CT molecular complexity index is 1350. The molecule has 2 N–H and O–H groups in total. The molecule has 0 atom stereocenters. The van der Waals surface area contributed by atoms with E-state index in [0.29, 0.717) is 22.8 Å². The molecule has 9 nitrogen and oxygen atoms in total. The van der Waals surface area contributed by atoms with Gasteiger partial charge >= 0.3 is 5.97 Å². The number of aromatic nitrogens is 2. The number of carbonyl (C=O) groups is 3. The van der Waals surface area contributed by atoms with Gasteiger partial charge in [0.15, 0.2) is 6.61 Å². The number of anilines is 1. The number of methoxy groups -OCH3 is 1. The average molecular weight is 485 g/mol. The molecule has 0 saturated heterocycles. The molecule has 3 aromatic carbocycles. The van der Waals surface area contributed by atoms with E-state index in [4.69, 9.17) is 9.47 Å². The van der Waals surface area contributed by atoms with Crippen LogP contribution in [0.15, 0.2) is 91.0 Å². The minimum atomic E-state index is -0.747. The topological polar surface area (TPSA) is 112 Å². The molecular formula is C27H24N4O5. The van der Waals surface area contributed by atoms with E-state index in [9.17, 15) is 14.4 Å². The second kappa shape index (κ2) is 11.5. The van der Waals surface area contributed by atoms with Crippen LogP contribution in [0.25, 0.3) is 16.9 Å². The van der Waals surface area contributed by atoms with Crippen molar-refractivity contribution in [2.75, 3.05) is 25.6 Å². The molecular weight excluding hydrogens is 460 g/mol. The van der Waals surface area contributed by atoms with Gasteiger partial charge in [-0.1, -0.05) is 54.6 Å². The van der Waals surface area contributed by atoms with Gasteiger partial charge in [0.2, 0.25) is 0 Å². The highest BCUT2D eigenvalue weighted by Crippen LogP contribution is 2.24. The Labute approximate surface area is 207 Å². The number of benzene rings is 3. The number of ether oxygens (including phenoxy) is 2. The van der Waals surface area contributed by atoms with Crippen LogP contribution in [0, 0.1) is 0 Å². The van der Waals surface area contributed by atoms with Gasteiger partial charge in [0.1, 0.15) is 18.1 Å². The lowest BCUT2D eigenvalue weighted by Crippen LogP contribution is -2.32. The summed E-state index contributed by atoms with van der Waals surface area (Å²) in [6.07, 6.45) is 0. The molecule has 0 spiro atoms. The summed E-state index contributed by atoms with van der Waals surface area (Å²) in [4.78, 5) is 36.8. The van der Waals surface area contributed by atoms with Crippen molar-refractivity contribution in [1.82, 2.24) is 15.1 Å². The second-order valence-electron chi connectivity index (χ2n) is 7.65. The van der Waals surface area contributed by atoms with Crippen molar-refractivity contribution in [3.05, 3.63) is 96.6 Å². The monoisotopic (exact) mass is 484 g/mol. The largest absolute Gasteiger partial charge is 0.497 e. The Morgan fingerprint density at radius 3 is 2.33 bits per heavy atom. The van der Waals surface area contributed by atoms with Crippen molar-refractivity contribution >= 4 is 23.6 Å². The minimum absolute atomic E-state index is 0.336. The molecule has 182 valence electrons. The molecule has 4 aromatic rings. The van der Waals surface area contributed by atoms with Crippen LogP contribution in [-0.2, 0) is 14.3 Å². The van der Waals surface area contributed by atoms with Crippen molar-refractivity contribution in [2.24, 2.45) is 0 Å². The number of nitrogens with one attached hydrogen (secondary N) is 2. The fraction of sp³-hybridized carbons (Fsp3) is 0.111. The lowest BCUT2D eigenvalue weighted by atomic mass is 10.2. The number of nitrogens with zero attached hydrogens (tertiary/aromatic N) is 2. The van der Waals surface area contributed by atoms with Crippen molar-refractivity contribution in [1.29, 1.82) is 0 Å². The van der Waals surface area contributed by atoms with E-state index in [0.717, 1.165) is 11.3 Å². The first-order chi connectivity index (χ1) is 17.5. The summed E-state index contributed by atoms with van der Waals surface area (Å²) >= 11 is 0. The molecule has 4 rings (SSSR count). The molecule has 2 amide bonds. The number of amides is 2. The van der Waals surface area contributed by atoms with Gasteiger partial charge in [-0.2, -0.15) is 5.10 Å². The molecule has 0 aliphatic heterocycles. The molecule has 0 radical (unpaired) electrons. The third-order valence-corrected chi connectivity index (χ3v) is 5.14. The van der Waals surface area contributed by atoms with Crippen LogP contribution in [0.3, 0.4) is 0 Å². The van der Waals surface area contributed by atoms with E-state index >= 15 is 0 Å². The number of esters is 1. The normalized spacial score (nSPS) is 10.4. The molecule has 0 fully saturated rings. The Morgan fingerprint density at radius 2 is 1.61 bits per heavy atom. The molecule has 0 bridgehead atoms. The fourth-order valence-electron chi connectivity index (χ4n) is 3.38. The summed E-state index contributed by atoms with van der Waals surface area (Å²) in [6, 6.07) is 27.2. The Morgan fingerprint density at radius 1 is 0.889 bits per heavy atom. The molecule has 0 aliphatic rings. The lowest BCUT2D eigenvalue weighted by molar-refractivity contribution is -0.146. The van der Waals surface area contributed by atoms with Gasteiger partial charge in [-0.25, -0.2) is 4.68 Å². The molecule has 1 aromatic heterocycles. The number of hydrogen-bond acceptors (Lipinski definition) is 6. The van der Waals surface area contributed by atoms with Gasteiger partial charge in [0.05, 0.1) is 18.5 Å². The van der Waals surface area contributed by atoms with E-state index in [1.54, 1.807) is 35.0 Å². The molecule has 0 unspecified atom stereocenters. The van der Waals surface area contributed by atoms with Crippen molar-refractivity contribution in [3.8, 4) is 22.7 Å². The van der Waals surface area contributed by atoms with Crippen LogP contribution in [0.5, 0.6) is 5.75 Å². The van der Waals surface area contributed by atoms with E-state index in [1.807, 2.05) is 60.7 Å². The van der Waals surface area contributed by atoms with Gasteiger partial charge in [0.25, 0.3) is 11.8 Å². The van der Waals surface area contributed by atoms with Crippen LogP contribution < -0.4 is 15.4 Å². The van der Waals surface area contributed by atoms with E-state index in [2.05, 4.69) is 15.7 Å². The maximum atomic E-state index is 12.5. The zero-order valence-electron chi connectivity index (χ0n) is 19.5. The molecule has 0 aliphatic carbocycles. The quantitative estimate of drug-likeness (QED) is 0.352. The zero-order chi connectivity index (χ0) is 25.3. The van der Waals surface area contributed by atoms with Gasteiger partial charge in [-0.3, -0.25) is 14.4 Å². The molecule has 1 heterocycles. The van der Waals surface area contributed by atoms with Crippen LogP contribution in [0.1, 0.15) is 10.4 Å². The maximum absolute atomic E-state index is 12.5. The third kappa shape index (κ3) is 6.15. The molecule has 9 heteroatoms. The van der Waals surface area contributed by atoms with E-state index < -0.39 is 24.4 Å². The maximum Gasteiger partial charge on any atom is 0.325 e. The first-order valence-corrected chi connectivity index (χ1v) is 11.1. The van der Waals surface area contributed by atoms with Gasteiger partial charge in [0, 0.05) is 17.2 Å². The first kappa shape index (κ1) is 24.2. The predicted octanol–water partition coefficient (Wildman–Crippen LogP) is 3.46. The summed E-state index contributed by atoms with van der Waals surface area (Å²) < 4.78 is 11.7. The van der Waals surface area contributed by atoms with Gasteiger partial charge in [-0.15, -0.1) is 0 Å². The van der Waals surface area contributed by atoms with Crippen molar-refractivity contribution in [3.63, 3.8) is 0 Å². The van der Waals surface area contributed by atoms with Crippen molar-refractivity contribution < 1.29 is 23.9 Å². The summed E-state index contributed by atoms with van der Waals surface area (Å²) in [5.41, 5.74) is 2.66. The number of hydrogen-bond donors (Lipinski definition) is 2. The number of para-hydroxylation sites is 1. The van der Waals surface area contributed by atoms with Crippen LogP contribution in [0.2, 0.25) is 0 Å². The molecule has 0 saturated carbocycles. The number of rotatable bonds is 9. The molecule has 36 heavy (non-hydrogen) atoms. The smallest absolute Gasteiger partial charge is 0.325 e. The lowest BCUT2D eigenvalue weighted by Gasteiger charge is -2.10. The highest BCUT2D eigenvalue weighted by atomic mass is 16.5. The summed E-state index contributed by atoms with van der Waals surface area (Å²) in [5, 5.41) is 9.83. The van der Waals surface area contributed by atoms with Crippen molar-refractivity contribution in [2.45, 2.75) is 0 Å². The average Bonchev–Trinajstić information content (AvgIpc) is 3.35. The third-order valence-electron chi connectivity index (χ3n) is 5.14. The van der Waals surface area contributed by atoms with Crippen LogP contribution in [0.4, 0.5) is 5.82 Å². The summed E-state index contributed by atoms with van der Waals surface area (Å²) in [7, 11) is 1.49. The second-order valence-corrected chi connectivity index (χ2v) is 7.65. The summed E-state index contributed by atoms with van der Waals surface area (Å²) in [6.45, 7) is -0.905. The van der Waals surface area contributed by atoms with Gasteiger partial charge < -0.3 is 20.1 Å². The SMILES string of the molecule is COc1cccc(C(=O)NCC(=O)OCC(=O)Nc2cc(-c3ccccc3)nn2-c2ccccc2)c1. The van der Waals surface area contributed by atoms with E-state index in [-0.39, 0.29) is 6.54 Å².